The number of anilines is 3. The topological polar surface area (TPSA) is 68.0 Å². The van der Waals surface area contributed by atoms with Gasteiger partial charge in [0.2, 0.25) is 5.78 Å². The van der Waals surface area contributed by atoms with Gasteiger partial charge in [-0.1, -0.05) is 66.3 Å². The summed E-state index contributed by atoms with van der Waals surface area (Å²) in [6.07, 6.45) is 0.916. The van der Waals surface area contributed by atoms with Gasteiger partial charge in [0.1, 0.15) is 10.7 Å². The molecule has 3 N–H and O–H groups in total. The number of nitrogens with one attached hydrogen (secondary N) is 1. The van der Waals surface area contributed by atoms with Crippen molar-refractivity contribution in [1.29, 1.82) is 0 Å². The van der Waals surface area contributed by atoms with E-state index < -0.39 is 0 Å². The van der Waals surface area contributed by atoms with Crippen molar-refractivity contribution in [3.05, 3.63) is 70.1 Å². The fourth-order valence-corrected chi connectivity index (χ4v) is 3.31. The van der Waals surface area contributed by atoms with Crippen LogP contribution in [0.25, 0.3) is 0 Å². The average Bonchev–Trinajstić information content (AvgIpc) is 2.96. The standard InChI is InChI=1S/C19H19N3OS/c1-3-13-6-4-5-7-15(13)21-19-22-18(20)17(24-19)16(23)14-10-8-12(2)9-11-14/h4-11H,3,20H2,1-2H3,(H,21,22). The molecular weight excluding hydrogens is 318 g/mol. The zero-order chi connectivity index (χ0) is 17.1. The Morgan fingerprint density at radius 1 is 1.17 bits per heavy atom. The number of carbonyl (C=O) groups excluding carboxylic acids is 1. The Balaban J connectivity index is 1.87. The lowest BCUT2D eigenvalue weighted by Gasteiger charge is -2.07. The molecule has 4 nitrogen and oxygen atoms in total. The Labute approximate surface area is 145 Å². The van der Waals surface area contributed by atoms with Gasteiger partial charge in [-0.15, -0.1) is 0 Å². The number of carbonyl (C=O) groups is 1. The fourth-order valence-electron chi connectivity index (χ4n) is 2.45. The summed E-state index contributed by atoms with van der Waals surface area (Å²) >= 11 is 1.28. The Bertz CT molecular complexity index is 869. The summed E-state index contributed by atoms with van der Waals surface area (Å²) in [6.45, 7) is 4.09. The van der Waals surface area contributed by atoms with Crippen LogP contribution in [0.1, 0.15) is 33.3 Å². The first-order valence-corrected chi connectivity index (χ1v) is 8.62. The molecule has 0 atom stereocenters. The number of benzene rings is 2. The van der Waals surface area contributed by atoms with Crippen LogP contribution in [-0.2, 0) is 6.42 Å². The van der Waals surface area contributed by atoms with Crippen LogP contribution in [0.5, 0.6) is 0 Å². The molecule has 24 heavy (non-hydrogen) atoms. The SMILES string of the molecule is CCc1ccccc1Nc1nc(N)c(C(=O)c2ccc(C)cc2)s1. The Morgan fingerprint density at radius 3 is 2.58 bits per heavy atom. The molecule has 0 unspecified atom stereocenters. The molecule has 5 heteroatoms. The number of nitrogens with two attached hydrogens (primary N) is 1. The summed E-state index contributed by atoms with van der Waals surface area (Å²) < 4.78 is 0. The number of hydrogen-bond donors (Lipinski definition) is 2. The van der Waals surface area contributed by atoms with Crippen LogP contribution in [0.15, 0.2) is 48.5 Å². The van der Waals surface area contributed by atoms with Crippen LogP contribution >= 0.6 is 11.3 Å². The Kier molecular flexibility index (Phi) is 4.62. The molecule has 3 rings (SSSR count). The molecule has 0 aliphatic heterocycles. The molecule has 122 valence electrons. The van der Waals surface area contributed by atoms with Crippen molar-refractivity contribution in [2.24, 2.45) is 0 Å². The second-order valence-electron chi connectivity index (χ2n) is 5.56. The molecule has 3 aromatic rings. The molecule has 0 aliphatic carbocycles. The number of nitrogens with zero attached hydrogens (tertiary/aromatic N) is 1. The van der Waals surface area contributed by atoms with Crippen LogP contribution in [0.3, 0.4) is 0 Å². The van der Waals surface area contributed by atoms with Gasteiger partial charge in [-0.05, 0) is 25.0 Å². The van der Waals surface area contributed by atoms with Crippen LogP contribution in [0.2, 0.25) is 0 Å². The monoisotopic (exact) mass is 337 g/mol. The average molecular weight is 337 g/mol. The quantitative estimate of drug-likeness (QED) is 0.669. The van der Waals surface area contributed by atoms with E-state index >= 15 is 0 Å². The summed E-state index contributed by atoms with van der Waals surface area (Å²) in [6, 6.07) is 15.5. The number of ketones is 1. The summed E-state index contributed by atoms with van der Waals surface area (Å²) in [5.41, 5.74) is 9.89. The highest BCUT2D eigenvalue weighted by Gasteiger charge is 2.18. The second kappa shape index (κ2) is 6.84. The van der Waals surface area contributed by atoms with Gasteiger partial charge >= 0.3 is 0 Å². The normalized spacial score (nSPS) is 10.6. The van der Waals surface area contributed by atoms with Crippen LogP contribution in [-0.4, -0.2) is 10.8 Å². The highest BCUT2D eigenvalue weighted by atomic mass is 32.1. The van der Waals surface area contributed by atoms with Gasteiger partial charge in [0.25, 0.3) is 0 Å². The van der Waals surface area contributed by atoms with Crippen LogP contribution in [0, 0.1) is 6.92 Å². The first-order valence-electron chi connectivity index (χ1n) is 7.81. The van der Waals surface area contributed by atoms with Crippen molar-refractivity contribution in [2.75, 3.05) is 11.1 Å². The van der Waals surface area contributed by atoms with E-state index in [2.05, 4.69) is 23.3 Å². The van der Waals surface area contributed by atoms with Crippen molar-refractivity contribution in [1.82, 2.24) is 4.98 Å². The lowest BCUT2D eigenvalue weighted by molar-refractivity contribution is 0.104. The maximum atomic E-state index is 12.6. The number of thiazole rings is 1. The molecule has 0 radical (unpaired) electrons. The molecular formula is C19H19N3OS. The van der Waals surface area contributed by atoms with Crippen molar-refractivity contribution in [2.45, 2.75) is 20.3 Å². The van der Waals surface area contributed by atoms with Gasteiger partial charge in [-0.2, -0.15) is 0 Å². The number of nitrogen functional groups attached to an aromatic ring is 1. The summed E-state index contributed by atoms with van der Waals surface area (Å²) in [7, 11) is 0. The summed E-state index contributed by atoms with van der Waals surface area (Å²) in [5.74, 6) is 0.170. The predicted octanol–water partition coefficient (Wildman–Crippen LogP) is 4.57. The van der Waals surface area contributed by atoms with Crippen molar-refractivity contribution < 1.29 is 4.79 Å². The van der Waals surface area contributed by atoms with Gasteiger partial charge in [-0.25, -0.2) is 4.98 Å². The van der Waals surface area contributed by atoms with E-state index in [1.807, 2.05) is 49.4 Å². The third-order valence-corrected chi connectivity index (χ3v) is 4.80. The molecule has 2 aromatic carbocycles. The maximum Gasteiger partial charge on any atom is 0.206 e. The Hall–Kier alpha value is -2.66. The van der Waals surface area contributed by atoms with E-state index in [1.165, 1.54) is 16.9 Å². The molecule has 0 aliphatic rings. The van der Waals surface area contributed by atoms with E-state index in [4.69, 9.17) is 5.73 Å². The second-order valence-corrected chi connectivity index (χ2v) is 6.56. The number of aryl methyl sites for hydroxylation is 2. The molecule has 0 spiro atoms. The van der Waals surface area contributed by atoms with Crippen LogP contribution in [0.4, 0.5) is 16.6 Å². The van der Waals surface area contributed by atoms with Gasteiger partial charge in [0.05, 0.1) is 0 Å². The molecule has 0 bridgehead atoms. The smallest absolute Gasteiger partial charge is 0.206 e. The van der Waals surface area contributed by atoms with Crippen LogP contribution < -0.4 is 11.1 Å². The molecule has 1 aromatic heterocycles. The number of aromatic nitrogens is 1. The van der Waals surface area contributed by atoms with Gasteiger partial charge in [0, 0.05) is 11.3 Å². The lowest BCUT2D eigenvalue weighted by atomic mass is 10.1. The minimum atomic E-state index is -0.0955. The number of para-hydroxylation sites is 1. The third-order valence-electron chi connectivity index (χ3n) is 3.81. The van der Waals surface area contributed by atoms with Crippen molar-refractivity contribution >= 4 is 33.8 Å². The highest BCUT2D eigenvalue weighted by molar-refractivity contribution is 7.18. The summed E-state index contributed by atoms with van der Waals surface area (Å²) in [4.78, 5) is 17.4. The van der Waals surface area contributed by atoms with Crippen molar-refractivity contribution in [3.8, 4) is 0 Å². The third kappa shape index (κ3) is 3.31. The fraction of sp³-hybridized carbons (Fsp3) is 0.158. The van der Waals surface area contributed by atoms with E-state index in [0.29, 0.717) is 15.6 Å². The molecule has 0 saturated carbocycles. The van der Waals surface area contributed by atoms with Gasteiger partial charge in [-0.3, -0.25) is 4.79 Å². The minimum absolute atomic E-state index is 0.0955. The summed E-state index contributed by atoms with van der Waals surface area (Å²) in [5, 5.41) is 3.90. The molecule has 0 saturated heterocycles. The first kappa shape index (κ1) is 16.2. The molecule has 0 fully saturated rings. The first-order chi connectivity index (χ1) is 11.6. The zero-order valence-electron chi connectivity index (χ0n) is 13.7. The Morgan fingerprint density at radius 2 is 1.88 bits per heavy atom. The largest absolute Gasteiger partial charge is 0.382 e. The number of rotatable bonds is 5. The van der Waals surface area contributed by atoms with E-state index in [-0.39, 0.29) is 11.6 Å². The van der Waals surface area contributed by atoms with Crippen molar-refractivity contribution in [3.63, 3.8) is 0 Å². The van der Waals surface area contributed by atoms with E-state index in [9.17, 15) is 4.79 Å². The zero-order valence-corrected chi connectivity index (χ0v) is 14.5. The minimum Gasteiger partial charge on any atom is -0.382 e. The van der Waals surface area contributed by atoms with Gasteiger partial charge < -0.3 is 11.1 Å². The van der Waals surface area contributed by atoms with E-state index in [1.54, 1.807) is 0 Å². The predicted molar refractivity (Wildman–Crippen MR) is 100 cm³/mol. The number of hydrogen-bond acceptors (Lipinski definition) is 5. The van der Waals surface area contributed by atoms with Gasteiger partial charge in [0.15, 0.2) is 5.13 Å². The highest BCUT2D eigenvalue weighted by Crippen LogP contribution is 2.30. The molecule has 1 heterocycles. The maximum absolute atomic E-state index is 12.6. The lowest BCUT2D eigenvalue weighted by Crippen LogP contribution is -2.02. The molecule has 0 amide bonds. The van der Waals surface area contributed by atoms with E-state index in [0.717, 1.165) is 17.7 Å².